The van der Waals surface area contributed by atoms with Gasteiger partial charge in [0, 0.05) is 17.5 Å². The average molecular weight is 559 g/mol. The predicted molar refractivity (Wildman–Crippen MR) is 157 cm³/mol. The number of rotatable bonds is 6. The highest BCUT2D eigenvalue weighted by atomic mass is 32.2. The largest absolute Gasteiger partial charge is 0.330 e. The maximum absolute atomic E-state index is 14.2. The maximum atomic E-state index is 14.2. The molecule has 0 N–H and O–H groups in total. The third-order valence-electron chi connectivity index (χ3n) is 8.37. The lowest BCUT2D eigenvalue weighted by atomic mass is 9.90. The maximum Gasteiger partial charge on any atom is 0.243 e. The lowest BCUT2D eigenvalue weighted by Crippen LogP contribution is -2.50. The van der Waals surface area contributed by atoms with Crippen LogP contribution in [0.25, 0.3) is 10.8 Å². The summed E-state index contributed by atoms with van der Waals surface area (Å²) in [5.74, 6) is -0.130. The molecule has 1 unspecified atom stereocenters. The molecule has 2 aliphatic rings. The molecule has 1 amide bonds. The molecule has 1 saturated carbocycles. The number of thiophene rings is 1. The molecule has 2 heterocycles. The molecule has 1 fully saturated rings. The Hall–Kier alpha value is -3.00. The molecule has 0 saturated heterocycles. The number of amides is 1. The first-order chi connectivity index (χ1) is 18.9. The van der Waals surface area contributed by atoms with Crippen LogP contribution in [0, 0.1) is 6.92 Å². The zero-order valence-electron chi connectivity index (χ0n) is 22.3. The summed E-state index contributed by atoms with van der Waals surface area (Å²) in [5, 5.41) is 3.98. The predicted octanol–water partition coefficient (Wildman–Crippen LogP) is 6.71. The highest BCUT2D eigenvalue weighted by molar-refractivity contribution is 7.89. The summed E-state index contributed by atoms with van der Waals surface area (Å²) in [6, 6.07) is 23.0. The number of hydrogen-bond acceptors (Lipinski definition) is 4. The quantitative estimate of drug-likeness (QED) is 0.264. The van der Waals surface area contributed by atoms with Crippen LogP contribution < -0.4 is 0 Å². The molecule has 6 rings (SSSR count). The van der Waals surface area contributed by atoms with Gasteiger partial charge in [-0.2, -0.15) is 4.31 Å². The minimum atomic E-state index is -3.88. The van der Waals surface area contributed by atoms with Crippen LogP contribution in [-0.2, 0) is 21.2 Å². The van der Waals surface area contributed by atoms with Crippen LogP contribution in [0.3, 0.4) is 0 Å². The molecule has 5 nitrogen and oxygen atoms in total. The fourth-order valence-corrected chi connectivity index (χ4v) is 8.85. The van der Waals surface area contributed by atoms with Crippen LogP contribution in [0.1, 0.15) is 59.7 Å². The SMILES string of the molecule is Cc1ccccc1C1c2ccsc2CCN1C(=O)CN(C1CCCCC1)S(=O)(=O)c1ccc2ccccc2c1. The summed E-state index contributed by atoms with van der Waals surface area (Å²) in [7, 11) is -3.88. The van der Waals surface area contributed by atoms with Gasteiger partial charge in [-0.25, -0.2) is 8.42 Å². The number of carbonyl (C=O) groups excluding carboxylic acids is 1. The molecule has 1 aliphatic heterocycles. The minimum Gasteiger partial charge on any atom is -0.330 e. The zero-order chi connectivity index (χ0) is 27.0. The molecule has 3 aromatic carbocycles. The Morgan fingerprint density at radius 3 is 2.46 bits per heavy atom. The van der Waals surface area contributed by atoms with Crippen molar-refractivity contribution in [3.8, 4) is 0 Å². The molecule has 1 aromatic heterocycles. The molecule has 0 spiro atoms. The van der Waals surface area contributed by atoms with Crippen molar-refractivity contribution in [2.45, 2.75) is 62.4 Å². The summed E-state index contributed by atoms with van der Waals surface area (Å²) < 4.78 is 30.0. The fourth-order valence-electron chi connectivity index (χ4n) is 6.28. The van der Waals surface area contributed by atoms with Crippen LogP contribution in [0.2, 0.25) is 0 Å². The molecular weight excluding hydrogens is 524 g/mol. The third kappa shape index (κ3) is 5.04. The summed E-state index contributed by atoms with van der Waals surface area (Å²) in [5.41, 5.74) is 3.40. The van der Waals surface area contributed by atoms with Gasteiger partial charge in [-0.1, -0.05) is 73.9 Å². The Morgan fingerprint density at radius 1 is 0.923 bits per heavy atom. The van der Waals surface area contributed by atoms with Crippen LogP contribution in [0.4, 0.5) is 0 Å². The van der Waals surface area contributed by atoms with Crippen molar-refractivity contribution in [2.75, 3.05) is 13.1 Å². The van der Waals surface area contributed by atoms with E-state index in [4.69, 9.17) is 0 Å². The molecular formula is C32H34N2O3S2. The van der Waals surface area contributed by atoms with Gasteiger partial charge in [0.25, 0.3) is 0 Å². The second kappa shape index (κ2) is 10.9. The van der Waals surface area contributed by atoms with E-state index in [9.17, 15) is 13.2 Å². The van der Waals surface area contributed by atoms with Gasteiger partial charge >= 0.3 is 0 Å². The van der Waals surface area contributed by atoms with E-state index in [1.807, 2.05) is 47.4 Å². The Balaban J connectivity index is 1.37. The van der Waals surface area contributed by atoms with Crippen molar-refractivity contribution in [3.63, 3.8) is 0 Å². The van der Waals surface area contributed by atoms with Gasteiger partial charge in [0.1, 0.15) is 0 Å². The van der Waals surface area contributed by atoms with E-state index in [0.29, 0.717) is 6.54 Å². The van der Waals surface area contributed by atoms with Crippen molar-refractivity contribution in [3.05, 3.63) is 99.7 Å². The second-order valence-electron chi connectivity index (χ2n) is 10.7. The summed E-state index contributed by atoms with van der Waals surface area (Å²) in [4.78, 5) is 17.7. The van der Waals surface area contributed by atoms with E-state index >= 15 is 0 Å². The van der Waals surface area contributed by atoms with Gasteiger partial charge in [0.05, 0.1) is 17.5 Å². The topological polar surface area (TPSA) is 57.7 Å². The summed E-state index contributed by atoms with van der Waals surface area (Å²) in [6.07, 6.45) is 5.44. The number of fused-ring (bicyclic) bond motifs is 2. The minimum absolute atomic E-state index is 0.130. The van der Waals surface area contributed by atoms with E-state index in [-0.39, 0.29) is 29.4 Å². The summed E-state index contributed by atoms with van der Waals surface area (Å²) >= 11 is 1.74. The molecule has 202 valence electrons. The molecule has 1 atom stereocenters. The number of carbonyl (C=O) groups is 1. The van der Waals surface area contributed by atoms with E-state index in [2.05, 4.69) is 30.5 Å². The van der Waals surface area contributed by atoms with E-state index in [1.54, 1.807) is 23.5 Å². The van der Waals surface area contributed by atoms with Gasteiger partial charge in [-0.15, -0.1) is 11.3 Å². The van der Waals surface area contributed by atoms with Crippen molar-refractivity contribution in [2.24, 2.45) is 0 Å². The smallest absolute Gasteiger partial charge is 0.243 e. The molecule has 1 aliphatic carbocycles. The standard InChI is InChI=1S/C32H34N2O3S2/c1-23-9-5-8-14-28(23)32-29-18-20-38-30(29)17-19-33(32)31(35)22-34(26-12-3-2-4-13-26)39(36,37)27-16-15-24-10-6-7-11-25(24)21-27/h5-11,14-16,18,20-21,26,32H,2-4,12-13,17,19,22H2,1H3. The molecule has 4 aromatic rings. The molecule has 7 heteroatoms. The first kappa shape index (κ1) is 26.2. The molecule has 39 heavy (non-hydrogen) atoms. The second-order valence-corrected chi connectivity index (χ2v) is 13.6. The third-order valence-corrected chi connectivity index (χ3v) is 11.3. The Kier molecular flexibility index (Phi) is 7.31. The number of aryl methyl sites for hydroxylation is 1. The van der Waals surface area contributed by atoms with Gasteiger partial charge in [-0.3, -0.25) is 4.79 Å². The average Bonchev–Trinajstić information content (AvgIpc) is 3.45. The molecule has 0 bridgehead atoms. The normalized spacial score (nSPS) is 18.4. The Morgan fingerprint density at radius 2 is 1.67 bits per heavy atom. The van der Waals surface area contributed by atoms with Crippen LogP contribution in [0.15, 0.2) is 83.1 Å². The van der Waals surface area contributed by atoms with E-state index in [1.165, 1.54) is 9.18 Å². The van der Waals surface area contributed by atoms with Gasteiger partial charge in [-0.05, 0) is 77.2 Å². The van der Waals surface area contributed by atoms with Crippen molar-refractivity contribution < 1.29 is 13.2 Å². The van der Waals surface area contributed by atoms with E-state index < -0.39 is 10.0 Å². The van der Waals surface area contributed by atoms with Crippen molar-refractivity contribution in [1.82, 2.24) is 9.21 Å². The van der Waals surface area contributed by atoms with E-state index in [0.717, 1.165) is 66.0 Å². The number of benzene rings is 3. The van der Waals surface area contributed by atoms with Crippen molar-refractivity contribution in [1.29, 1.82) is 0 Å². The highest BCUT2D eigenvalue weighted by Gasteiger charge is 2.39. The Labute approximate surface area is 235 Å². The highest BCUT2D eigenvalue weighted by Crippen LogP contribution is 2.39. The zero-order valence-corrected chi connectivity index (χ0v) is 23.9. The van der Waals surface area contributed by atoms with Gasteiger partial charge in [0.2, 0.25) is 15.9 Å². The fraction of sp³-hybridized carbons (Fsp3) is 0.344. The van der Waals surface area contributed by atoms with Gasteiger partial charge < -0.3 is 4.90 Å². The summed E-state index contributed by atoms with van der Waals surface area (Å²) in [6.45, 7) is 2.53. The monoisotopic (exact) mass is 558 g/mol. The lowest BCUT2D eigenvalue weighted by molar-refractivity contribution is -0.134. The Bertz CT molecular complexity index is 1600. The lowest BCUT2D eigenvalue weighted by Gasteiger charge is -2.39. The number of hydrogen-bond donors (Lipinski definition) is 0. The van der Waals surface area contributed by atoms with Crippen molar-refractivity contribution >= 4 is 38.0 Å². The first-order valence-electron chi connectivity index (χ1n) is 13.9. The van der Waals surface area contributed by atoms with Crippen LogP contribution in [-0.4, -0.2) is 42.7 Å². The number of sulfonamides is 1. The van der Waals surface area contributed by atoms with Gasteiger partial charge in [0.15, 0.2) is 0 Å². The number of nitrogens with zero attached hydrogens (tertiary/aromatic N) is 2. The van der Waals surface area contributed by atoms with Crippen LogP contribution >= 0.6 is 11.3 Å². The first-order valence-corrected chi connectivity index (χ1v) is 16.2. The van der Waals surface area contributed by atoms with Crippen LogP contribution in [0.5, 0.6) is 0 Å². The molecule has 0 radical (unpaired) electrons.